The van der Waals surface area contributed by atoms with Crippen molar-refractivity contribution < 1.29 is 18.0 Å². The average molecular weight is 424 g/mol. The van der Waals surface area contributed by atoms with Crippen LogP contribution in [0.1, 0.15) is 26.3 Å². The fourth-order valence-corrected chi connectivity index (χ4v) is 3.19. The molecule has 0 atom stereocenters. The summed E-state index contributed by atoms with van der Waals surface area (Å²) in [6, 6.07) is 16.5. The molecule has 2 amide bonds. The maximum Gasteiger partial charge on any atom is 0.255 e. The Bertz CT molecular complexity index is 1150. The van der Waals surface area contributed by atoms with Crippen molar-refractivity contribution in [2.75, 3.05) is 16.3 Å². The van der Waals surface area contributed by atoms with Crippen molar-refractivity contribution in [1.82, 2.24) is 10.3 Å². The molecule has 0 unspecified atom stereocenters. The maximum absolute atomic E-state index is 12.4. The van der Waals surface area contributed by atoms with E-state index in [4.69, 9.17) is 0 Å². The van der Waals surface area contributed by atoms with Crippen LogP contribution >= 0.6 is 0 Å². The van der Waals surface area contributed by atoms with Crippen LogP contribution in [0, 0.1) is 0 Å². The van der Waals surface area contributed by atoms with Crippen LogP contribution < -0.4 is 15.4 Å². The van der Waals surface area contributed by atoms with Crippen molar-refractivity contribution in [3.63, 3.8) is 0 Å². The van der Waals surface area contributed by atoms with Crippen molar-refractivity contribution in [2.24, 2.45) is 0 Å². The van der Waals surface area contributed by atoms with E-state index in [9.17, 15) is 18.0 Å². The lowest BCUT2D eigenvalue weighted by molar-refractivity contribution is 0.0950. The zero-order chi connectivity index (χ0) is 21.6. The smallest absolute Gasteiger partial charge is 0.255 e. The molecule has 3 N–H and O–H groups in total. The molecule has 0 fully saturated rings. The maximum atomic E-state index is 12.4. The van der Waals surface area contributed by atoms with E-state index in [2.05, 4.69) is 20.3 Å². The van der Waals surface area contributed by atoms with Gasteiger partial charge in [-0.15, -0.1) is 0 Å². The molecular weight excluding hydrogens is 404 g/mol. The van der Waals surface area contributed by atoms with E-state index in [-0.39, 0.29) is 18.4 Å². The molecule has 0 aliphatic carbocycles. The molecule has 3 rings (SSSR count). The third-order valence-electron chi connectivity index (χ3n) is 4.04. The van der Waals surface area contributed by atoms with Gasteiger partial charge >= 0.3 is 0 Å². The number of pyridine rings is 1. The van der Waals surface area contributed by atoms with Crippen LogP contribution in [-0.2, 0) is 16.6 Å². The molecule has 0 spiro atoms. The Morgan fingerprint density at radius 2 is 1.57 bits per heavy atom. The zero-order valence-corrected chi connectivity index (χ0v) is 16.9. The van der Waals surface area contributed by atoms with E-state index < -0.39 is 10.0 Å². The largest absolute Gasteiger partial charge is 0.348 e. The number of rotatable bonds is 7. The Balaban J connectivity index is 1.58. The van der Waals surface area contributed by atoms with Crippen molar-refractivity contribution in [1.29, 1.82) is 0 Å². The Hall–Kier alpha value is -3.72. The summed E-state index contributed by atoms with van der Waals surface area (Å²) in [6.45, 7) is 0.259. The predicted octanol–water partition coefficient (Wildman–Crippen LogP) is 2.64. The second kappa shape index (κ2) is 9.19. The van der Waals surface area contributed by atoms with Crippen LogP contribution in [0.25, 0.3) is 0 Å². The van der Waals surface area contributed by atoms with Gasteiger partial charge in [0.05, 0.1) is 6.26 Å². The molecule has 9 heteroatoms. The molecule has 0 radical (unpaired) electrons. The summed E-state index contributed by atoms with van der Waals surface area (Å²) in [5.74, 6) is -0.585. The molecule has 0 saturated carbocycles. The summed E-state index contributed by atoms with van der Waals surface area (Å²) < 4.78 is 25.0. The third-order valence-corrected chi connectivity index (χ3v) is 4.64. The van der Waals surface area contributed by atoms with Crippen LogP contribution in [0.4, 0.5) is 11.4 Å². The zero-order valence-electron chi connectivity index (χ0n) is 16.1. The molecular formula is C21H20N4O4S. The van der Waals surface area contributed by atoms with Gasteiger partial charge in [0.15, 0.2) is 0 Å². The van der Waals surface area contributed by atoms with E-state index in [1.165, 1.54) is 6.07 Å². The number of hydrogen-bond donors (Lipinski definition) is 3. The molecule has 30 heavy (non-hydrogen) atoms. The van der Waals surface area contributed by atoms with Crippen molar-refractivity contribution >= 4 is 33.2 Å². The SMILES string of the molecule is CS(=O)(=O)Nc1cccc(C(=O)NCc2ccc(C(=O)Nc3ccncc3)cc2)c1. The summed E-state index contributed by atoms with van der Waals surface area (Å²) >= 11 is 0. The predicted molar refractivity (Wildman–Crippen MR) is 115 cm³/mol. The number of aromatic nitrogens is 1. The minimum absolute atomic E-state index is 0.244. The number of carbonyl (C=O) groups excluding carboxylic acids is 2. The topological polar surface area (TPSA) is 117 Å². The normalized spacial score (nSPS) is 10.8. The molecule has 8 nitrogen and oxygen atoms in total. The summed E-state index contributed by atoms with van der Waals surface area (Å²) in [6.07, 6.45) is 4.23. The van der Waals surface area contributed by atoms with Gasteiger partial charge in [0.25, 0.3) is 11.8 Å². The Labute approximate surface area is 174 Å². The monoisotopic (exact) mass is 424 g/mol. The lowest BCUT2D eigenvalue weighted by atomic mass is 10.1. The van der Waals surface area contributed by atoms with Crippen LogP contribution in [0.15, 0.2) is 73.1 Å². The first-order valence-electron chi connectivity index (χ1n) is 8.96. The van der Waals surface area contributed by atoms with Crippen molar-refractivity contribution in [3.8, 4) is 0 Å². The first-order valence-corrected chi connectivity index (χ1v) is 10.9. The highest BCUT2D eigenvalue weighted by Crippen LogP contribution is 2.13. The highest BCUT2D eigenvalue weighted by Gasteiger charge is 2.09. The quantitative estimate of drug-likeness (QED) is 0.539. The molecule has 2 aromatic carbocycles. The Morgan fingerprint density at radius 1 is 0.867 bits per heavy atom. The summed E-state index contributed by atoms with van der Waals surface area (Å²) in [4.78, 5) is 28.5. The number of benzene rings is 2. The number of hydrogen-bond acceptors (Lipinski definition) is 5. The summed E-state index contributed by atoms with van der Waals surface area (Å²) in [5.41, 5.74) is 2.60. The number of sulfonamides is 1. The van der Waals surface area contributed by atoms with Crippen LogP contribution in [0.2, 0.25) is 0 Å². The molecule has 154 valence electrons. The van der Waals surface area contributed by atoms with Gasteiger partial charge in [-0.3, -0.25) is 19.3 Å². The minimum atomic E-state index is -3.42. The highest BCUT2D eigenvalue weighted by molar-refractivity contribution is 7.92. The average Bonchev–Trinajstić information content (AvgIpc) is 2.72. The molecule has 0 saturated heterocycles. The molecule has 0 aliphatic rings. The molecule has 3 aromatic rings. The van der Waals surface area contributed by atoms with E-state index in [0.29, 0.717) is 22.5 Å². The van der Waals surface area contributed by atoms with Gasteiger partial charge < -0.3 is 10.6 Å². The second-order valence-corrected chi connectivity index (χ2v) is 8.27. The fraction of sp³-hybridized carbons (Fsp3) is 0.0952. The van der Waals surface area contributed by atoms with Crippen LogP contribution in [0.3, 0.4) is 0 Å². The minimum Gasteiger partial charge on any atom is -0.348 e. The van der Waals surface area contributed by atoms with Crippen molar-refractivity contribution in [3.05, 3.63) is 89.7 Å². The van der Waals surface area contributed by atoms with E-state index in [1.807, 2.05) is 0 Å². The first-order chi connectivity index (χ1) is 14.3. The van der Waals surface area contributed by atoms with E-state index in [0.717, 1.165) is 11.8 Å². The number of anilines is 2. The van der Waals surface area contributed by atoms with Crippen LogP contribution in [0.5, 0.6) is 0 Å². The first kappa shape index (κ1) is 21.0. The third kappa shape index (κ3) is 6.14. The number of nitrogens with one attached hydrogen (secondary N) is 3. The van der Waals surface area contributed by atoms with Gasteiger partial charge in [0, 0.05) is 41.4 Å². The van der Waals surface area contributed by atoms with Gasteiger partial charge in [-0.2, -0.15) is 0 Å². The molecule has 0 bridgehead atoms. The fourth-order valence-electron chi connectivity index (χ4n) is 2.63. The molecule has 1 heterocycles. The van der Waals surface area contributed by atoms with Gasteiger partial charge in [-0.1, -0.05) is 18.2 Å². The summed E-state index contributed by atoms with van der Waals surface area (Å²) in [7, 11) is -3.42. The van der Waals surface area contributed by atoms with Crippen molar-refractivity contribution in [2.45, 2.75) is 6.54 Å². The van der Waals surface area contributed by atoms with E-state index in [1.54, 1.807) is 67.0 Å². The second-order valence-electron chi connectivity index (χ2n) is 6.52. The molecule has 1 aromatic heterocycles. The van der Waals surface area contributed by atoms with Crippen LogP contribution in [-0.4, -0.2) is 31.5 Å². The van der Waals surface area contributed by atoms with Gasteiger partial charge in [-0.25, -0.2) is 8.42 Å². The number of nitrogens with zero attached hydrogens (tertiary/aromatic N) is 1. The van der Waals surface area contributed by atoms with Gasteiger partial charge in [0.1, 0.15) is 0 Å². The number of amides is 2. The lowest BCUT2D eigenvalue weighted by Crippen LogP contribution is -2.23. The number of carbonyl (C=O) groups is 2. The van der Waals surface area contributed by atoms with Gasteiger partial charge in [0.2, 0.25) is 10.0 Å². The summed E-state index contributed by atoms with van der Waals surface area (Å²) in [5, 5.41) is 5.54. The molecule has 0 aliphatic heterocycles. The Morgan fingerprint density at radius 3 is 2.23 bits per heavy atom. The van der Waals surface area contributed by atoms with Gasteiger partial charge in [-0.05, 0) is 48.0 Å². The highest BCUT2D eigenvalue weighted by atomic mass is 32.2. The lowest BCUT2D eigenvalue weighted by Gasteiger charge is -2.09. The van der Waals surface area contributed by atoms with E-state index >= 15 is 0 Å². The Kier molecular flexibility index (Phi) is 6.43. The standard InChI is InChI=1S/C21H20N4O4S/c1-30(28,29)25-19-4-2-3-17(13-19)20(26)23-14-15-5-7-16(8-6-15)21(27)24-18-9-11-22-12-10-18/h2-13,25H,14H2,1H3,(H,23,26)(H,22,24,27).